The van der Waals surface area contributed by atoms with Crippen LogP contribution in [0.4, 0.5) is 0 Å². The summed E-state index contributed by atoms with van der Waals surface area (Å²) in [5.74, 6) is 0. The Morgan fingerprint density at radius 1 is 0.450 bits per heavy atom. The molecule has 0 bridgehead atoms. The maximum Gasteiger partial charge on any atom is 0.140 e. The van der Waals surface area contributed by atoms with Crippen LogP contribution in [0.2, 0.25) is 0 Å². The largest absolute Gasteiger partial charge is 0.140 e. The summed E-state index contributed by atoms with van der Waals surface area (Å²) in [7, 11) is 8.88. The van der Waals surface area contributed by atoms with Crippen LogP contribution in [0.3, 0.4) is 0 Å². The summed E-state index contributed by atoms with van der Waals surface area (Å²) in [5.41, 5.74) is 5.51. The number of hydrogen-bond acceptors (Lipinski definition) is 0. The fraction of sp³-hybridized carbons (Fsp3) is 0. The zero-order chi connectivity index (χ0) is 14.0. The third kappa shape index (κ3) is 1.37. The van der Waals surface area contributed by atoms with Crippen LogP contribution in [-0.4, -0.2) is 31.4 Å². The molecule has 90 valence electrons. The van der Waals surface area contributed by atoms with E-state index >= 15 is 0 Å². The summed E-state index contributed by atoms with van der Waals surface area (Å²) in [6.45, 7) is 0. The van der Waals surface area contributed by atoms with E-state index in [2.05, 4.69) is 67.8 Å². The Morgan fingerprint density at radius 2 is 0.700 bits per heavy atom. The second-order valence-corrected chi connectivity index (χ2v) is 6.09. The summed E-state index contributed by atoms with van der Waals surface area (Å²) in [4.78, 5) is 0. The molecule has 0 saturated heterocycles. The zero-order valence-electron chi connectivity index (χ0n) is 12.5. The fourth-order valence-corrected chi connectivity index (χ4v) is 3.77. The van der Waals surface area contributed by atoms with Crippen molar-refractivity contribution in [2.75, 3.05) is 0 Å². The highest BCUT2D eigenvalue weighted by Crippen LogP contribution is 2.30. The summed E-state index contributed by atoms with van der Waals surface area (Å²) >= 11 is 0. The molecule has 0 saturated carbocycles. The van der Waals surface area contributed by atoms with Crippen molar-refractivity contribution in [1.82, 2.24) is 0 Å². The zero-order valence-corrected chi connectivity index (χ0v) is 12.5. The smallest absolute Gasteiger partial charge is 0.0818 e. The summed E-state index contributed by atoms with van der Waals surface area (Å²) in [6.07, 6.45) is 0. The molecule has 20 heavy (non-hydrogen) atoms. The van der Waals surface area contributed by atoms with E-state index < -0.39 is 0 Å². The van der Waals surface area contributed by atoms with E-state index in [9.17, 15) is 0 Å². The Bertz CT molecular complexity index is 835. The van der Waals surface area contributed by atoms with E-state index in [4.69, 9.17) is 0 Å². The molecule has 4 heteroatoms. The van der Waals surface area contributed by atoms with E-state index in [1.807, 2.05) is 0 Å². The molecule has 4 rings (SSSR count). The standard InChI is InChI=1S/C16H14B4/c17-11-5-13(19)9-3-4-10-14(20)6-12(18)8-2-1-7(11)15(9)16(8)10/h1-6H,17-20H2. The lowest BCUT2D eigenvalue weighted by atomic mass is 9.74. The van der Waals surface area contributed by atoms with Crippen molar-refractivity contribution in [1.29, 1.82) is 0 Å². The van der Waals surface area contributed by atoms with Gasteiger partial charge in [0.1, 0.15) is 31.4 Å². The first-order valence-electron chi connectivity index (χ1n) is 7.23. The minimum Gasteiger partial charge on any atom is -0.0818 e. The lowest BCUT2D eigenvalue weighted by Gasteiger charge is -2.17. The number of benzene rings is 4. The molecule has 0 N–H and O–H groups in total. The number of rotatable bonds is 0. The molecule has 0 fully saturated rings. The van der Waals surface area contributed by atoms with Crippen molar-refractivity contribution < 1.29 is 0 Å². The van der Waals surface area contributed by atoms with Gasteiger partial charge in [-0.15, -0.1) is 0 Å². The minimum absolute atomic E-state index is 1.38. The van der Waals surface area contributed by atoms with Crippen molar-refractivity contribution in [3.8, 4) is 0 Å². The van der Waals surface area contributed by atoms with Crippen LogP contribution in [-0.2, 0) is 0 Å². The third-order valence-corrected chi connectivity index (χ3v) is 4.73. The molecule has 0 nitrogen and oxygen atoms in total. The fourth-order valence-electron chi connectivity index (χ4n) is 3.77. The normalized spacial score (nSPS) is 11.8. The lowest BCUT2D eigenvalue weighted by Crippen LogP contribution is -2.19. The second kappa shape index (κ2) is 3.85. The Balaban J connectivity index is 2.47. The Morgan fingerprint density at radius 3 is 0.950 bits per heavy atom. The van der Waals surface area contributed by atoms with Crippen LogP contribution in [0.25, 0.3) is 32.3 Å². The van der Waals surface area contributed by atoms with Gasteiger partial charge in [0.05, 0.1) is 0 Å². The van der Waals surface area contributed by atoms with E-state index in [0.29, 0.717) is 0 Å². The van der Waals surface area contributed by atoms with Crippen molar-refractivity contribution in [2.24, 2.45) is 0 Å². The summed E-state index contributed by atoms with van der Waals surface area (Å²) in [5, 5.41) is 8.48. The van der Waals surface area contributed by atoms with Crippen LogP contribution in [0.15, 0.2) is 36.4 Å². The van der Waals surface area contributed by atoms with Crippen molar-refractivity contribution in [2.45, 2.75) is 0 Å². The van der Waals surface area contributed by atoms with Gasteiger partial charge in [-0.2, -0.15) is 0 Å². The Kier molecular flexibility index (Phi) is 2.30. The second-order valence-electron chi connectivity index (χ2n) is 6.09. The van der Waals surface area contributed by atoms with E-state index in [1.54, 1.807) is 0 Å². The van der Waals surface area contributed by atoms with Crippen LogP contribution in [0.1, 0.15) is 0 Å². The van der Waals surface area contributed by atoms with Crippen LogP contribution < -0.4 is 21.9 Å². The van der Waals surface area contributed by atoms with E-state index in [-0.39, 0.29) is 0 Å². The molecule has 0 radical (unpaired) electrons. The predicted octanol–water partition coefficient (Wildman–Crippen LogP) is -2.38. The molecule has 4 aromatic carbocycles. The molecular formula is C16H14B4. The maximum absolute atomic E-state index is 2.31. The predicted molar refractivity (Wildman–Crippen MR) is 103 cm³/mol. The highest BCUT2D eigenvalue weighted by molar-refractivity contribution is 6.53. The Labute approximate surface area is 122 Å². The molecule has 4 aromatic rings. The topological polar surface area (TPSA) is 0 Å². The Hall–Kier alpha value is -1.82. The van der Waals surface area contributed by atoms with Crippen LogP contribution in [0.5, 0.6) is 0 Å². The van der Waals surface area contributed by atoms with Gasteiger partial charge >= 0.3 is 0 Å². The van der Waals surface area contributed by atoms with Crippen molar-refractivity contribution in [3.05, 3.63) is 36.4 Å². The lowest BCUT2D eigenvalue weighted by molar-refractivity contribution is 1.87. The first-order valence-corrected chi connectivity index (χ1v) is 7.23. The molecule has 0 amide bonds. The highest BCUT2D eigenvalue weighted by Gasteiger charge is 2.13. The molecule has 0 aliphatic rings. The first kappa shape index (κ1) is 12.0. The molecule has 0 aliphatic heterocycles. The molecular weight excluding hydrogens is 235 g/mol. The number of hydrogen-bond donors (Lipinski definition) is 0. The van der Waals surface area contributed by atoms with Gasteiger partial charge in [-0.1, -0.05) is 58.2 Å². The molecule has 0 atom stereocenters. The quantitative estimate of drug-likeness (QED) is 0.241. The highest BCUT2D eigenvalue weighted by atomic mass is 14.1. The average Bonchev–Trinajstić information content (AvgIpc) is 2.42. The van der Waals surface area contributed by atoms with Gasteiger partial charge in [0, 0.05) is 0 Å². The SMILES string of the molecule is Bc1cc(B)c2ccc3c(B)cc(B)c4ccc1c2c43. The first-order chi connectivity index (χ1) is 9.58. The summed E-state index contributed by atoms with van der Waals surface area (Å²) in [6, 6.07) is 13.8. The van der Waals surface area contributed by atoms with Gasteiger partial charge in [0.15, 0.2) is 0 Å². The van der Waals surface area contributed by atoms with Crippen molar-refractivity contribution in [3.63, 3.8) is 0 Å². The van der Waals surface area contributed by atoms with Crippen LogP contribution in [0, 0.1) is 0 Å². The van der Waals surface area contributed by atoms with Crippen molar-refractivity contribution >= 4 is 85.6 Å². The molecule has 0 spiro atoms. The van der Waals surface area contributed by atoms with Crippen LogP contribution >= 0.6 is 0 Å². The van der Waals surface area contributed by atoms with Gasteiger partial charge in [-0.05, 0) is 32.3 Å². The summed E-state index contributed by atoms with van der Waals surface area (Å²) < 4.78 is 0. The molecule has 0 aliphatic carbocycles. The molecule has 0 heterocycles. The average molecular weight is 250 g/mol. The van der Waals surface area contributed by atoms with Gasteiger partial charge in [0.25, 0.3) is 0 Å². The molecule has 0 unspecified atom stereocenters. The minimum atomic E-state index is 1.38. The van der Waals surface area contributed by atoms with E-state index in [0.717, 1.165) is 0 Å². The maximum atomic E-state index is 2.31. The van der Waals surface area contributed by atoms with Gasteiger partial charge < -0.3 is 0 Å². The molecule has 0 aromatic heterocycles. The van der Waals surface area contributed by atoms with E-state index in [1.165, 1.54) is 54.2 Å². The van der Waals surface area contributed by atoms with Gasteiger partial charge in [-0.25, -0.2) is 0 Å². The monoisotopic (exact) mass is 250 g/mol. The third-order valence-electron chi connectivity index (χ3n) is 4.73. The van der Waals surface area contributed by atoms with Gasteiger partial charge in [-0.3, -0.25) is 0 Å². The van der Waals surface area contributed by atoms with Gasteiger partial charge in [0.2, 0.25) is 0 Å².